The Hall–Kier alpha value is -2.47. The molecule has 0 radical (unpaired) electrons. The summed E-state index contributed by atoms with van der Waals surface area (Å²) >= 11 is 0. The van der Waals surface area contributed by atoms with E-state index in [2.05, 4.69) is 20.4 Å². The third kappa shape index (κ3) is 3.00. The van der Waals surface area contributed by atoms with Crippen LogP contribution in [0.3, 0.4) is 0 Å². The highest BCUT2D eigenvalue weighted by molar-refractivity contribution is 5.55. The minimum atomic E-state index is 0.127. The van der Waals surface area contributed by atoms with E-state index in [-0.39, 0.29) is 12.5 Å². The number of nitrogens with zero attached hydrogens (tertiary/aromatic N) is 4. The highest BCUT2D eigenvalue weighted by Crippen LogP contribution is 2.15. The van der Waals surface area contributed by atoms with E-state index in [9.17, 15) is 5.11 Å². The Balaban J connectivity index is 1.91. The molecule has 0 aliphatic heterocycles. The van der Waals surface area contributed by atoms with Crippen molar-refractivity contribution in [3.8, 4) is 0 Å². The molecule has 0 saturated heterocycles. The largest absolute Gasteiger partial charge is 0.396 e. The first kappa shape index (κ1) is 13.5. The zero-order chi connectivity index (χ0) is 14.7. The maximum atomic E-state index is 9.18. The lowest BCUT2D eigenvalue weighted by atomic mass is 10.1. The number of hydrogen-bond donors (Lipinski definition) is 2. The van der Waals surface area contributed by atoms with Crippen LogP contribution in [-0.4, -0.2) is 31.3 Å². The molecule has 0 saturated carbocycles. The van der Waals surface area contributed by atoms with Crippen molar-refractivity contribution in [2.45, 2.75) is 13.3 Å². The summed E-state index contributed by atoms with van der Waals surface area (Å²) in [6.07, 6.45) is 2.37. The van der Waals surface area contributed by atoms with Gasteiger partial charge in [0.2, 0.25) is 5.95 Å². The van der Waals surface area contributed by atoms with Crippen LogP contribution >= 0.6 is 0 Å². The van der Waals surface area contributed by atoms with Crippen LogP contribution < -0.4 is 5.32 Å². The quantitative estimate of drug-likeness (QED) is 0.749. The number of aromatic nitrogens is 4. The summed E-state index contributed by atoms with van der Waals surface area (Å²) in [5.41, 5.74) is 1.68. The molecule has 0 bridgehead atoms. The van der Waals surface area contributed by atoms with Crippen molar-refractivity contribution in [3.05, 3.63) is 48.4 Å². The molecule has 0 fully saturated rings. The van der Waals surface area contributed by atoms with Crippen molar-refractivity contribution in [3.63, 3.8) is 0 Å². The summed E-state index contributed by atoms with van der Waals surface area (Å²) in [7, 11) is 0. The Bertz CT molecular complexity index is 725. The normalized spacial score (nSPS) is 12.5. The van der Waals surface area contributed by atoms with Gasteiger partial charge in [0, 0.05) is 31.0 Å². The smallest absolute Gasteiger partial charge is 0.247 e. The van der Waals surface area contributed by atoms with E-state index in [0.717, 1.165) is 17.2 Å². The molecule has 2 aromatic heterocycles. The number of hydrogen-bond acceptors (Lipinski definition) is 5. The molecule has 1 aromatic carbocycles. The molecule has 1 unspecified atom stereocenters. The van der Waals surface area contributed by atoms with Gasteiger partial charge in [-0.1, -0.05) is 25.1 Å². The van der Waals surface area contributed by atoms with Crippen LogP contribution in [-0.2, 0) is 6.42 Å². The molecule has 21 heavy (non-hydrogen) atoms. The lowest BCUT2D eigenvalue weighted by molar-refractivity contribution is 0.235. The summed E-state index contributed by atoms with van der Waals surface area (Å²) < 4.78 is 1.72. The molecule has 6 nitrogen and oxygen atoms in total. The SMILES string of the molecule is CC(CO)Cc1nccc2nc(Nc3ccccc3)nn12. The van der Waals surface area contributed by atoms with Gasteiger partial charge in [-0.3, -0.25) is 0 Å². The number of aliphatic hydroxyl groups excluding tert-OH is 1. The number of fused-ring (bicyclic) bond motifs is 1. The van der Waals surface area contributed by atoms with E-state index >= 15 is 0 Å². The van der Waals surface area contributed by atoms with E-state index in [0.29, 0.717) is 12.4 Å². The molecule has 2 N–H and O–H groups in total. The summed E-state index contributed by atoms with van der Waals surface area (Å²) in [5.74, 6) is 1.47. The van der Waals surface area contributed by atoms with Gasteiger partial charge in [-0.05, 0) is 18.1 Å². The Morgan fingerprint density at radius 3 is 2.81 bits per heavy atom. The zero-order valence-corrected chi connectivity index (χ0v) is 11.8. The van der Waals surface area contributed by atoms with Gasteiger partial charge < -0.3 is 10.4 Å². The van der Waals surface area contributed by atoms with Gasteiger partial charge in [-0.15, -0.1) is 5.10 Å². The molecule has 3 aromatic rings. The van der Waals surface area contributed by atoms with Crippen molar-refractivity contribution in [1.29, 1.82) is 0 Å². The van der Waals surface area contributed by atoms with Gasteiger partial charge in [0.15, 0.2) is 5.65 Å². The average Bonchev–Trinajstić information content (AvgIpc) is 2.91. The highest BCUT2D eigenvalue weighted by atomic mass is 16.3. The zero-order valence-electron chi connectivity index (χ0n) is 11.8. The first-order valence-electron chi connectivity index (χ1n) is 6.90. The second-order valence-electron chi connectivity index (χ2n) is 5.05. The topological polar surface area (TPSA) is 75.3 Å². The third-order valence-corrected chi connectivity index (χ3v) is 3.20. The van der Waals surface area contributed by atoms with Crippen LogP contribution in [0.1, 0.15) is 12.7 Å². The first-order chi connectivity index (χ1) is 10.3. The van der Waals surface area contributed by atoms with Gasteiger partial charge in [-0.25, -0.2) is 4.98 Å². The van der Waals surface area contributed by atoms with E-state index < -0.39 is 0 Å². The summed E-state index contributed by atoms with van der Waals surface area (Å²) in [6.45, 7) is 2.10. The van der Waals surface area contributed by atoms with Crippen LogP contribution in [0.15, 0.2) is 42.6 Å². The van der Waals surface area contributed by atoms with Crippen LogP contribution in [0.25, 0.3) is 5.65 Å². The number of rotatable bonds is 5. The van der Waals surface area contributed by atoms with E-state index in [4.69, 9.17) is 0 Å². The monoisotopic (exact) mass is 283 g/mol. The fourth-order valence-electron chi connectivity index (χ4n) is 2.09. The van der Waals surface area contributed by atoms with Gasteiger partial charge in [-0.2, -0.15) is 9.50 Å². The van der Waals surface area contributed by atoms with Crippen molar-refractivity contribution < 1.29 is 5.11 Å². The molecule has 0 amide bonds. The molecular formula is C15H17N5O. The number of anilines is 2. The second-order valence-corrected chi connectivity index (χ2v) is 5.05. The number of aliphatic hydroxyl groups is 1. The first-order valence-corrected chi connectivity index (χ1v) is 6.90. The number of benzene rings is 1. The summed E-state index contributed by atoms with van der Waals surface area (Å²) in [6, 6.07) is 11.6. The maximum Gasteiger partial charge on any atom is 0.247 e. The molecule has 0 aliphatic carbocycles. The summed E-state index contributed by atoms with van der Waals surface area (Å²) in [5, 5.41) is 16.8. The van der Waals surface area contributed by atoms with Gasteiger partial charge >= 0.3 is 0 Å². The molecule has 108 valence electrons. The van der Waals surface area contributed by atoms with Crippen molar-refractivity contribution in [2.75, 3.05) is 11.9 Å². The Morgan fingerprint density at radius 1 is 1.24 bits per heavy atom. The van der Waals surface area contributed by atoms with Crippen LogP contribution in [0.5, 0.6) is 0 Å². The lowest BCUT2D eigenvalue weighted by Gasteiger charge is -2.07. The summed E-state index contributed by atoms with van der Waals surface area (Å²) in [4.78, 5) is 8.78. The molecule has 0 aliphatic rings. The maximum absolute atomic E-state index is 9.18. The van der Waals surface area contributed by atoms with Crippen molar-refractivity contribution >= 4 is 17.3 Å². The van der Waals surface area contributed by atoms with Crippen LogP contribution in [0.4, 0.5) is 11.6 Å². The molecule has 0 spiro atoms. The Morgan fingerprint density at radius 2 is 2.05 bits per heavy atom. The van der Waals surface area contributed by atoms with Gasteiger partial charge in [0.05, 0.1) is 0 Å². The predicted molar refractivity (Wildman–Crippen MR) is 80.5 cm³/mol. The number of para-hydroxylation sites is 1. The average molecular weight is 283 g/mol. The molecule has 3 rings (SSSR count). The lowest BCUT2D eigenvalue weighted by Crippen LogP contribution is -2.10. The predicted octanol–water partition coefficient (Wildman–Crippen LogP) is 2.04. The minimum Gasteiger partial charge on any atom is -0.396 e. The van der Waals surface area contributed by atoms with Crippen molar-refractivity contribution in [2.24, 2.45) is 5.92 Å². The highest BCUT2D eigenvalue weighted by Gasteiger charge is 2.11. The molecular weight excluding hydrogens is 266 g/mol. The third-order valence-electron chi connectivity index (χ3n) is 3.20. The second kappa shape index (κ2) is 5.88. The Kier molecular flexibility index (Phi) is 3.79. The fraction of sp³-hybridized carbons (Fsp3) is 0.267. The Labute approximate surface area is 122 Å². The van der Waals surface area contributed by atoms with Crippen molar-refractivity contribution in [1.82, 2.24) is 19.6 Å². The fourth-order valence-corrected chi connectivity index (χ4v) is 2.09. The molecule has 2 heterocycles. The van der Waals surface area contributed by atoms with E-state index in [1.54, 1.807) is 10.7 Å². The van der Waals surface area contributed by atoms with Crippen LogP contribution in [0.2, 0.25) is 0 Å². The van der Waals surface area contributed by atoms with Gasteiger partial charge in [0.25, 0.3) is 0 Å². The van der Waals surface area contributed by atoms with Crippen LogP contribution in [0, 0.1) is 5.92 Å². The minimum absolute atomic E-state index is 0.127. The standard InChI is InChI=1S/C15H17N5O/c1-11(10-21)9-14-16-8-7-13-18-15(19-20(13)14)17-12-5-3-2-4-6-12/h2-8,11,21H,9-10H2,1H3,(H,17,19). The van der Waals surface area contributed by atoms with E-state index in [1.807, 2.05) is 43.3 Å². The van der Waals surface area contributed by atoms with Gasteiger partial charge in [0.1, 0.15) is 5.82 Å². The molecule has 6 heteroatoms. The molecule has 1 atom stereocenters. The number of nitrogens with one attached hydrogen (secondary N) is 1. The van der Waals surface area contributed by atoms with E-state index in [1.165, 1.54) is 0 Å².